The van der Waals surface area contributed by atoms with Gasteiger partial charge in [-0.2, -0.15) is 0 Å². The highest BCUT2D eigenvalue weighted by atomic mass is 16.5. The predicted octanol–water partition coefficient (Wildman–Crippen LogP) is 2.99. The number of hydrogen-bond donors (Lipinski definition) is 1. The molecule has 1 aromatic rings. The van der Waals surface area contributed by atoms with Gasteiger partial charge in [0.25, 0.3) is 0 Å². The lowest BCUT2D eigenvalue weighted by Crippen LogP contribution is -2.43. The highest BCUT2D eigenvalue weighted by Crippen LogP contribution is 2.39. The summed E-state index contributed by atoms with van der Waals surface area (Å²) in [5.74, 6) is 0.976. The van der Waals surface area contributed by atoms with Crippen LogP contribution in [0.1, 0.15) is 44.6 Å². The van der Waals surface area contributed by atoms with Gasteiger partial charge in [-0.1, -0.05) is 31.9 Å². The third-order valence-corrected chi connectivity index (χ3v) is 3.78. The fourth-order valence-electron chi connectivity index (χ4n) is 2.74. The number of hydrogen-bond acceptors (Lipinski definition) is 2. The van der Waals surface area contributed by atoms with Gasteiger partial charge < -0.3 is 10.1 Å². The fraction of sp³-hybridized carbons (Fsp3) is 0.533. The normalized spacial score (nSPS) is 17.4. The van der Waals surface area contributed by atoms with Gasteiger partial charge in [-0.15, -0.1) is 0 Å². The number of benzene rings is 1. The Balaban J connectivity index is 2.31. The van der Waals surface area contributed by atoms with Crippen molar-refractivity contribution in [1.82, 2.24) is 5.32 Å². The molecule has 1 saturated carbocycles. The van der Waals surface area contributed by atoms with Gasteiger partial charge in [0.2, 0.25) is 5.91 Å². The van der Waals surface area contributed by atoms with Crippen LogP contribution in [0.25, 0.3) is 0 Å². The maximum atomic E-state index is 11.8. The van der Waals surface area contributed by atoms with Crippen LogP contribution in [0.4, 0.5) is 0 Å². The molecule has 1 N–H and O–H groups in total. The summed E-state index contributed by atoms with van der Waals surface area (Å²) >= 11 is 0. The van der Waals surface area contributed by atoms with Gasteiger partial charge in [0, 0.05) is 6.42 Å². The van der Waals surface area contributed by atoms with E-state index in [2.05, 4.69) is 11.4 Å². The molecule has 3 heteroatoms. The molecule has 0 aromatic heterocycles. The van der Waals surface area contributed by atoms with Crippen molar-refractivity contribution in [3.63, 3.8) is 0 Å². The molecule has 0 saturated heterocycles. The molecule has 0 spiro atoms. The maximum absolute atomic E-state index is 11.8. The van der Waals surface area contributed by atoms with Crippen molar-refractivity contribution in [1.29, 1.82) is 0 Å². The van der Waals surface area contributed by atoms with Crippen LogP contribution < -0.4 is 10.1 Å². The molecule has 0 aliphatic heterocycles. The predicted molar refractivity (Wildman–Crippen MR) is 71.6 cm³/mol. The highest BCUT2D eigenvalue weighted by molar-refractivity contribution is 5.76. The van der Waals surface area contributed by atoms with Crippen molar-refractivity contribution < 1.29 is 9.53 Å². The molecular weight excluding hydrogens is 226 g/mol. The molecular formula is C15H21NO2. The third-order valence-electron chi connectivity index (χ3n) is 3.78. The Morgan fingerprint density at radius 2 is 2.11 bits per heavy atom. The van der Waals surface area contributed by atoms with Crippen molar-refractivity contribution in [2.75, 3.05) is 7.11 Å². The molecule has 2 rings (SSSR count). The zero-order valence-electron chi connectivity index (χ0n) is 11.2. The molecule has 3 nitrogen and oxygen atoms in total. The van der Waals surface area contributed by atoms with Gasteiger partial charge >= 0.3 is 0 Å². The molecule has 98 valence electrons. The zero-order valence-corrected chi connectivity index (χ0v) is 11.2. The largest absolute Gasteiger partial charge is 0.497 e. The van der Waals surface area contributed by atoms with Crippen LogP contribution in [-0.2, 0) is 10.3 Å². The SMILES string of the molecule is CCC(=O)NC1(c2cccc(OC)c2)CCCC1. The van der Waals surface area contributed by atoms with Gasteiger partial charge in [-0.3, -0.25) is 4.79 Å². The lowest BCUT2D eigenvalue weighted by molar-refractivity contribution is -0.122. The van der Waals surface area contributed by atoms with Crippen molar-refractivity contribution in [2.24, 2.45) is 0 Å². The Morgan fingerprint density at radius 1 is 1.39 bits per heavy atom. The monoisotopic (exact) mass is 247 g/mol. The van der Waals surface area contributed by atoms with Crippen molar-refractivity contribution in [2.45, 2.75) is 44.6 Å². The van der Waals surface area contributed by atoms with E-state index in [1.54, 1.807) is 7.11 Å². The van der Waals surface area contributed by atoms with Crippen LogP contribution in [0.15, 0.2) is 24.3 Å². The molecule has 0 atom stereocenters. The zero-order chi connectivity index (χ0) is 13.0. The fourth-order valence-corrected chi connectivity index (χ4v) is 2.74. The summed E-state index contributed by atoms with van der Waals surface area (Å²) in [5.41, 5.74) is 0.989. The minimum atomic E-state index is -0.179. The van der Waals surface area contributed by atoms with Crippen LogP contribution in [0.3, 0.4) is 0 Å². The van der Waals surface area contributed by atoms with Crippen LogP contribution >= 0.6 is 0 Å². The summed E-state index contributed by atoms with van der Waals surface area (Å²) in [6.45, 7) is 1.89. The van der Waals surface area contributed by atoms with E-state index in [1.807, 2.05) is 25.1 Å². The van der Waals surface area contributed by atoms with Crippen molar-refractivity contribution in [3.8, 4) is 5.75 Å². The second kappa shape index (κ2) is 5.42. The van der Waals surface area contributed by atoms with Crippen LogP contribution in [0.5, 0.6) is 5.75 Å². The standard InChI is InChI=1S/C15H21NO2/c1-3-14(17)16-15(9-4-5-10-15)12-7-6-8-13(11-12)18-2/h6-8,11H,3-5,9-10H2,1-2H3,(H,16,17). The number of methoxy groups -OCH3 is 1. The van der Waals surface area contributed by atoms with E-state index in [1.165, 1.54) is 18.4 Å². The highest BCUT2D eigenvalue weighted by Gasteiger charge is 2.36. The lowest BCUT2D eigenvalue weighted by atomic mass is 9.88. The summed E-state index contributed by atoms with van der Waals surface area (Å²) in [7, 11) is 1.67. The summed E-state index contributed by atoms with van der Waals surface area (Å²) in [4.78, 5) is 11.8. The average Bonchev–Trinajstić information content (AvgIpc) is 2.88. The van der Waals surface area contributed by atoms with Crippen LogP contribution in [0, 0.1) is 0 Å². The van der Waals surface area contributed by atoms with E-state index in [0.29, 0.717) is 6.42 Å². The molecule has 0 heterocycles. The van der Waals surface area contributed by atoms with Gasteiger partial charge in [-0.05, 0) is 30.5 Å². The Hall–Kier alpha value is -1.51. The molecule has 0 bridgehead atoms. The lowest BCUT2D eigenvalue weighted by Gasteiger charge is -2.31. The topological polar surface area (TPSA) is 38.3 Å². The molecule has 0 unspecified atom stereocenters. The summed E-state index contributed by atoms with van der Waals surface area (Å²) < 4.78 is 5.28. The number of rotatable bonds is 4. The van der Waals surface area contributed by atoms with Gasteiger partial charge in [0.15, 0.2) is 0 Å². The Kier molecular flexibility index (Phi) is 3.90. The Morgan fingerprint density at radius 3 is 2.72 bits per heavy atom. The number of amides is 1. The van der Waals surface area contributed by atoms with E-state index in [0.717, 1.165) is 18.6 Å². The smallest absolute Gasteiger partial charge is 0.220 e. The molecule has 1 aromatic carbocycles. The summed E-state index contributed by atoms with van der Waals surface area (Å²) in [5, 5.41) is 3.22. The summed E-state index contributed by atoms with van der Waals surface area (Å²) in [6, 6.07) is 8.06. The van der Waals surface area contributed by atoms with E-state index in [4.69, 9.17) is 4.74 Å². The molecule has 1 amide bonds. The van der Waals surface area contributed by atoms with Crippen LogP contribution in [-0.4, -0.2) is 13.0 Å². The van der Waals surface area contributed by atoms with Crippen molar-refractivity contribution >= 4 is 5.91 Å². The average molecular weight is 247 g/mol. The van der Waals surface area contributed by atoms with Gasteiger partial charge in [0.05, 0.1) is 12.6 Å². The van der Waals surface area contributed by atoms with Gasteiger partial charge in [0.1, 0.15) is 5.75 Å². The number of carbonyl (C=O) groups excluding carboxylic acids is 1. The molecule has 18 heavy (non-hydrogen) atoms. The van der Waals surface area contributed by atoms with E-state index < -0.39 is 0 Å². The van der Waals surface area contributed by atoms with E-state index in [-0.39, 0.29) is 11.4 Å². The quantitative estimate of drug-likeness (QED) is 0.888. The Labute approximate surface area is 109 Å². The molecule has 1 aliphatic carbocycles. The van der Waals surface area contributed by atoms with E-state index >= 15 is 0 Å². The first-order valence-electron chi connectivity index (χ1n) is 6.66. The van der Waals surface area contributed by atoms with E-state index in [9.17, 15) is 4.79 Å². The summed E-state index contributed by atoms with van der Waals surface area (Å²) in [6.07, 6.45) is 4.91. The van der Waals surface area contributed by atoms with Gasteiger partial charge in [-0.25, -0.2) is 0 Å². The maximum Gasteiger partial charge on any atom is 0.220 e. The number of carbonyl (C=O) groups is 1. The van der Waals surface area contributed by atoms with Crippen LogP contribution in [0.2, 0.25) is 0 Å². The second-order valence-corrected chi connectivity index (χ2v) is 4.92. The number of ether oxygens (including phenoxy) is 1. The molecule has 0 radical (unpaired) electrons. The second-order valence-electron chi connectivity index (χ2n) is 4.92. The van der Waals surface area contributed by atoms with Crippen molar-refractivity contribution in [3.05, 3.63) is 29.8 Å². The minimum Gasteiger partial charge on any atom is -0.497 e. The Bertz CT molecular complexity index is 422. The first kappa shape index (κ1) is 12.9. The number of nitrogens with one attached hydrogen (secondary N) is 1. The minimum absolute atomic E-state index is 0.125. The molecule has 1 aliphatic rings. The first-order valence-corrected chi connectivity index (χ1v) is 6.66. The first-order chi connectivity index (χ1) is 8.70. The molecule has 1 fully saturated rings. The third kappa shape index (κ3) is 2.50.